The molecule has 29 heavy (non-hydrogen) atoms. The summed E-state index contributed by atoms with van der Waals surface area (Å²) in [7, 11) is 0. The van der Waals surface area contributed by atoms with Gasteiger partial charge in [0, 0.05) is 17.9 Å². The van der Waals surface area contributed by atoms with Gasteiger partial charge < -0.3 is 15.5 Å². The average Bonchev–Trinajstić information content (AvgIpc) is 3.18. The summed E-state index contributed by atoms with van der Waals surface area (Å²) >= 11 is 0. The number of carbonyl (C=O) groups is 2. The lowest BCUT2D eigenvalue weighted by molar-refractivity contribution is -0.119. The first-order chi connectivity index (χ1) is 13.9. The molecule has 5 heteroatoms. The van der Waals surface area contributed by atoms with Crippen LogP contribution in [0.5, 0.6) is 0 Å². The predicted octanol–water partition coefficient (Wildman–Crippen LogP) is 5.57. The molecule has 0 bridgehead atoms. The molecule has 1 heterocycles. The molecule has 2 N–H and O–H groups in total. The number of para-hydroxylation sites is 2. The summed E-state index contributed by atoms with van der Waals surface area (Å²) in [4.78, 5) is 27.6. The smallest absolute Gasteiger partial charge is 0.322 e. The summed E-state index contributed by atoms with van der Waals surface area (Å²) in [5, 5.41) is 6.07. The highest BCUT2D eigenvalue weighted by Crippen LogP contribution is 2.33. The molecule has 0 unspecified atom stereocenters. The van der Waals surface area contributed by atoms with Gasteiger partial charge in [-0.05, 0) is 47.9 Å². The van der Waals surface area contributed by atoms with E-state index in [2.05, 4.69) is 50.5 Å². The maximum absolute atomic E-state index is 13.2. The number of amides is 3. The predicted molar refractivity (Wildman–Crippen MR) is 118 cm³/mol. The number of nitrogens with one attached hydrogen (secondary N) is 2. The quantitative estimate of drug-likeness (QED) is 0.698. The van der Waals surface area contributed by atoms with Crippen molar-refractivity contribution in [3.8, 4) is 0 Å². The van der Waals surface area contributed by atoms with E-state index in [9.17, 15) is 9.59 Å². The summed E-state index contributed by atoms with van der Waals surface area (Å²) in [6.45, 7) is 9.09. The molecule has 1 saturated heterocycles. The normalized spacial score (nSPS) is 16.3. The Balaban J connectivity index is 1.79. The molecule has 0 spiro atoms. The minimum absolute atomic E-state index is 0.134. The minimum atomic E-state index is -0.455. The molecular weight excluding hydrogens is 362 g/mol. The van der Waals surface area contributed by atoms with E-state index in [-0.39, 0.29) is 11.9 Å². The molecule has 0 aromatic heterocycles. The fourth-order valence-electron chi connectivity index (χ4n) is 3.90. The monoisotopic (exact) mass is 393 g/mol. The first kappa shape index (κ1) is 20.9. The summed E-state index contributed by atoms with van der Waals surface area (Å²) in [5.41, 5.74) is 3.87. The van der Waals surface area contributed by atoms with Gasteiger partial charge >= 0.3 is 6.03 Å². The van der Waals surface area contributed by atoms with Crippen LogP contribution in [0.25, 0.3) is 0 Å². The zero-order chi connectivity index (χ0) is 21.0. The number of anilines is 2. The molecule has 3 rings (SSSR count). The molecule has 1 fully saturated rings. The van der Waals surface area contributed by atoms with Crippen LogP contribution in [0.1, 0.15) is 63.5 Å². The van der Waals surface area contributed by atoms with Crippen LogP contribution in [0.15, 0.2) is 48.5 Å². The van der Waals surface area contributed by atoms with Crippen molar-refractivity contribution in [3.05, 3.63) is 59.7 Å². The van der Waals surface area contributed by atoms with Gasteiger partial charge in [-0.15, -0.1) is 0 Å². The van der Waals surface area contributed by atoms with Crippen molar-refractivity contribution in [3.63, 3.8) is 0 Å². The third-order valence-electron chi connectivity index (χ3n) is 5.46. The number of nitrogens with zero attached hydrogens (tertiary/aromatic N) is 1. The maximum Gasteiger partial charge on any atom is 0.322 e. The Morgan fingerprint density at radius 3 is 2.10 bits per heavy atom. The molecule has 0 radical (unpaired) electrons. The second kappa shape index (κ2) is 9.12. The van der Waals surface area contributed by atoms with E-state index in [1.807, 2.05) is 36.4 Å². The zero-order valence-corrected chi connectivity index (χ0v) is 17.7. The highest BCUT2D eigenvalue weighted by Gasteiger charge is 2.34. The molecule has 1 aliphatic heterocycles. The van der Waals surface area contributed by atoms with E-state index in [1.165, 1.54) is 0 Å². The van der Waals surface area contributed by atoms with Gasteiger partial charge in [-0.2, -0.15) is 0 Å². The van der Waals surface area contributed by atoms with Crippen LogP contribution in [0.2, 0.25) is 0 Å². The molecule has 2 aromatic rings. The minimum Gasteiger partial charge on any atom is -0.324 e. The summed E-state index contributed by atoms with van der Waals surface area (Å²) in [5.74, 6) is 0.449. The molecule has 1 atom stereocenters. The Morgan fingerprint density at radius 1 is 0.897 bits per heavy atom. The molecule has 2 aromatic carbocycles. The van der Waals surface area contributed by atoms with E-state index >= 15 is 0 Å². The third-order valence-corrected chi connectivity index (χ3v) is 5.46. The molecule has 154 valence electrons. The molecule has 3 amide bonds. The topological polar surface area (TPSA) is 61.4 Å². The lowest BCUT2D eigenvalue weighted by Gasteiger charge is -2.27. The Kier molecular flexibility index (Phi) is 6.57. The number of hydrogen-bond acceptors (Lipinski definition) is 2. The molecule has 0 saturated carbocycles. The Hall–Kier alpha value is -2.82. The summed E-state index contributed by atoms with van der Waals surface area (Å²) in [6.07, 6.45) is 1.50. The van der Waals surface area contributed by atoms with Crippen molar-refractivity contribution in [2.24, 2.45) is 0 Å². The zero-order valence-electron chi connectivity index (χ0n) is 17.7. The Bertz CT molecular complexity index is 835. The van der Waals surface area contributed by atoms with Gasteiger partial charge in [-0.25, -0.2) is 4.79 Å². The summed E-state index contributed by atoms with van der Waals surface area (Å²) < 4.78 is 0. The van der Waals surface area contributed by atoms with E-state index in [0.717, 1.165) is 28.9 Å². The largest absolute Gasteiger partial charge is 0.324 e. The van der Waals surface area contributed by atoms with Crippen molar-refractivity contribution in [1.82, 2.24) is 4.90 Å². The van der Waals surface area contributed by atoms with Gasteiger partial charge in [0.25, 0.3) is 0 Å². The SMILES string of the molecule is CC(C)c1cccc(C(C)C)c1NC(=O)N1CCC[C@@H]1C(=O)Nc1ccccc1. The van der Waals surface area contributed by atoms with Crippen molar-refractivity contribution in [2.75, 3.05) is 17.2 Å². The second-order valence-electron chi connectivity index (χ2n) is 8.26. The highest BCUT2D eigenvalue weighted by atomic mass is 16.2. The van der Waals surface area contributed by atoms with Gasteiger partial charge in [0.15, 0.2) is 0 Å². The van der Waals surface area contributed by atoms with Gasteiger partial charge in [0.05, 0.1) is 0 Å². The van der Waals surface area contributed by atoms with E-state index in [4.69, 9.17) is 0 Å². The van der Waals surface area contributed by atoms with Crippen LogP contribution in [0.4, 0.5) is 16.2 Å². The lowest BCUT2D eigenvalue weighted by Crippen LogP contribution is -2.45. The van der Waals surface area contributed by atoms with E-state index in [0.29, 0.717) is 24.8 Å². The van der Waals surface area contributed by atoms with Crippen molar-refractivity contribution >= 4 is 23.3 Å². The average molecular weight is 394 g/mol. The summed E-state index contributed by atoms with van der Waals surface area (Å²) in [6, 6.07) is 14.9. The van der Waals surface area contributed by atoms with E-state index in [1.54, 1.807) is 4.90 Å². The first-order valence-corrected chi connectivity index (χ1v) is 10.4. The maximum atomic E-state index is 13.2. The molecular formula is C24H31N3O2. The van der Waals surface area contributed by atoms with Crippen LogP contribution in [0.3, 0.4) is 0 Å². The van der Waals surface area contributed by atoms with Crippen molar-refractivity contribution in [2.45, 2.75) is 58.4 Å². The molecule has 0 aliphatic carbocycles. The first-order valence-electron chi connectivity index (χ1n) is 10.4. The number of urea groups is 1. The Labute approximate surface area is 173 Å². The van der Waals surface area contributed by atoms with Crippen LogP contribution in [0, 0.1) is 0 Å². The van der Waals surface area contributed by atoms with Gasteiger partial charge in [-0.1, -0.05) is 64.1 Å². The third kappa shape index (κ3) is 4.78. The van der Waals surface area contributed by atoms with Crippen LogP contribution >= 0.6 is 0 Å². The van der Waals surface area contributed by atoms with E-state index < -0.39 is 6.04 Å². The number of benzene rings is 2. The lowest BCUT2D eigenvalue weighted by atomic mass is 9.93. The molecule has 1 aliphatic rings. The van der Waals surface area contributed by atoms with Gasteiger partial charge in [-0.3, -0.25) is 4.79 Å². The fraction of sp³-hybridized carbons (Fsp3) is 0.417. The second-order valence-corrected chi connectivity index (χ2v) is 8.26. The number of carbonyl (C=O) groups excluding carboxylic acids is 2. The highest BCUT2D eigenvalue weighted by molar-refractivity contribution is 6.00. The van der Waals surface area contributed by atoms with Crippen molar-refractivity contribution < 1.29 is 9.59 Å². The molecule has 5 nitrogen and oxygen atoms in total. The van der Waals surface area contributed by atoms with Gasteiger partial charge in [0.1, 0.15) is 6.04 Å². The number of rotatable bonds is 5. The standard InChI is InChI=1S/C24H31N3O2/c1-16(2)19-12-8-13-20(17(3)4)22(19)26-24(29)27-15-9-14-21(27)23(28)25-18-10-6-5-7-11-18/h5-8,10-13,16-17,21H,9,14-15H2,1-4H3,(H,25,28)(H,26,29)/t21-/m1/s1. The van der Waals surface area contributed by atoms with Crippen LogP contribution < -0.4 is 10.6 Å². The fourth-order valence-corrected chi connectivity index (χ4v) is 3.90. The number of likely N-dealkylation sites (tertiary alicyclic amines) is 1. The number of hydrogen-bond donors (Lipinski definition) is 2. The van der Waals surface area contributed by atoms with Crippen LogP contribution in [-0.4, -0.2) is 29.4 Å². The Morgan fingerprint density at radius 2 is 1.52 bits per heavy atom. The van der Waals surface area contributed by atoms with Crippen molar-refractivity contribution in [1.29, 1.82) is 0 Å². The van der Waals surface area contributed by atoms with Gasteiger partial charge in [0.2, 0.25) is 5.91 Å². The van der Waals surface area contributed by atoms with Crippen LogP contribution in [-0.2, 0) is 4.79 Å².